The molecule has 0 N–H and O–H groups in total. The van der Waals surface area contributed by atoms with E-state index in [0.29, 0.717) is 0 Å². The van der Waals surface area contributed by atoms with E-state index in [4.69, 9.17) is 0 Å². The van der Waals surface area contributed by atoms with Gasteiger partial charge < -0.3 is 0 Å². The summed E-state index contributed by atoms with van der Waals surface area (Å²) in [4.78, 5) is 12.1. The van der Waals surface area contributed by atoms with Crippen LogP contribution in [0.3, 0.4) is 0 Å². The minimum atomic E-state index is 0.160. The maximum absolute atomic E-state index is 12.1. The fourth-order valence-corrected chi connectivity index (χ4v) is 5.48. The van der Waals surface area contributed by atoms with Gasteiger partial charge in [0.1, 0.15) is 0 Å². The zero-order chi connectivity index (χ0) is 22.2. The molecule has 0 radical (unpaired) electrons. The molecule has 0 aromatic heterocycles. The van der Waals surface area contributed by atoms with Crippen LogP contribution in [0, 0.1) is 0 Å². The lowest BCUT2D eigenvalue weighted by Crippen LogP contribution is -2.14. The van der Waals surface area contributed by atoms with Crippen molar-refractivity contribution in [2.45, 2.75) is 32.1 Å². The summed E-state index contributed by atoms with van der Waals surface area (Å²) in [6, 6.07) is 33.7. The van der Waals surface area contributed by atoms with E-state index in [9.17, 15) is 4.79 Å². The number of hydrogen-bond acceptors (Lipinski definition) is 1. The summed E-state index contributed by atoms with van der Waals surface area (Å²) in [5.74, 6) is 0.160. The van der Waals surface area contributed by atoms with E-state index in [2.05, 4.69) is 48.5 Å². The number of carbonyl (C=O) groups excluding carboxylic acids is 1. The smallest absolute Gasteiger partial charge is 0.193 e. The van der Waals surface area contributed by atoms with Crippen molar-refractivity contribution in [3.8, 4) is 0 Å². The van der Waals surface area contributed by atoms with Crippen LogP contribution < -0.4 is 0 Å². The van der Waals surface area contributed by atoms with E-state index in [0.717, 1.165) is 28.7 Å². The number of carbonyl (C=O) groups is 1. The lowest BCUT2D eigenvalue weighted by molar-refractivity contribution is 0.103. The van der Waals surface area contributed by atoms with Crippen molar-refractivity contribution in [2.24, 2.45) is 0 Å². The molecule has 5 aromatic rings. The maximum atomic E-state index is 12.1. The molecule has 0 heterocycles. The Labute approximate surface area is 194 Å². The average Bonchev–Trinajstić information content (AvgIpc) is 2.89. The molecule has 0 unspecified atom stereocenters. The Kier molecular flexibility index (Phi) is 5.03. The highest BCUT2D eigenvalue weighted by Crippen LogP contribution is 2.33. The summed E-state index contributed by atoms with van der Waals surface area (Å²) in [6.07, 6.45) is 6.09. The average molecular weight is 427 g/mol. The van der Waals surface area contributed by atoms with Crippen LogP contribution in [0.1, 0.15) is 51.0 Å². The Morgan fingerprint density at radius 2 is 1.12 bits per heavy atom. The molecule has 0 spiro atoms. The van der Waals surface area contributed by atoms with Crippen LogP contribution in [-0.4, -0.2) is 5.78 Å². The molecule has 0 saturated heterocycles. The van der Waals surface area contributed by atoms with Crippen molar-refractivity contribution >= 4 is 27.3 Å². The van der Waals surface area contributed by atoms with Crippen molar-refractivity contribution < 1.29 is 4.79 Å². The summed E-state index contributed by atoms with van der Waals surface area (Å²) < 4.78 is 0. The fourth-order valence-electron chi connectivity index (χ4n) is 5.48. The van der Waals surface area contributed by atoms with Gasteiger partial charge in [-0.2, -0.15) is 0 Å². The van der Waals surface area contributed by atoms with Gasteiger partial charge in [-0.15, -0.1) is 0 Å². The van der Waals surface area contributed by atoms with Gasteiger partial charge in [0.2, 0.25) is 0 Å². The van der Waals surface area contributed by atoms with Gasteiger partial charge in [-0.3, -0.25) is 4.79 Å². The molecule has 1 heteroatoms. The number of aryl methyl sites for hydroxylation is 2. The van der Waals surface area contributed by atoms with Gasteiger partial charge in [-0.25, -0.2) is 0 Å². The summed E-state index contributed by atoms with van der Waals surface area (Å²) in [7, 11) is 0. The Bertz CT molecular complexity index is 1460. The Morgan fingerprint density at radius 1 is 0.485 bits per heavy atom. The minimum Gasteiger partial charge on any atom is -0.289 e. The van der Waals surface area contributed by atoms with Crippen LogP contribution in [0.25, 0.3) is 21.5 Å². The third kappa shape index (κ3) is 3.54. The van der Waals surface area contributed by atoms with E-state index >= 15 is 0 Å². The zero-order valence-electron chi connectivity index (χ0n) is 18.7. The number of ketones is 1. The van der Waals surface area contributed by atoms with Gasteiger partial charge in [-0.05, 0) is 75.9 Å². The highest BCUT2D eigenvalue weighted by atomic mass is 16.1. The predicted octanol–water partition coefficient (Wildman–Crippen LogP) is 7.69. The number of fused-ring (bicyclic) bond motifs is 7. The van der Waals surface area contributed by atoms with E-state index in [1.165, 1.54) is 47.2 Å². The SMILES string of the molecule is O=C1c2ccccc2Cc2ccccc21.c1ccc2c(c1)ccc1c3c(ccc12)CCCC3. The first-order chi connectivity index (χ1) is 16.3. The minimum absolute atomic E-state index is 0.160. The number of hydrogen-bond donors (Lipinski definition) is 0. The lowest BCUT2D eigenvalue weighted by Gasteiger charge is -2.18. The molecule has 7 rings (SSSR count). The largest absolute Gasteiger partial charge is 0.289 e. The van der Waals surface area contributed by atoms with Gasteiger partial charge >= 0.3 is 0 Å². The monoisotopic (exact) mass is 426 g/mol. The second-order valence-corrected chi connectivity index (χ2v) is 9.11. The topological polar surface area (TPSA) is 17.1 Å². The van der Waals surface area contributed by atoms with Gasteiger partial charge in [-0.1, -0.05) is 97.1 Å². The second kappa shape index (κ2) is 8.33. The van der Waals surface area contributed by atoms with Crippen LogP contribution >= 0.6 is 0 Å². The first kappa shape index (κ1) is 19.9. The highest BCUT2D eigenvalue weighted by molar-refractivity contribution is 6.12. The van der Waals surface area contributed by atoms with Gasteiger partial charge in [0.15, 0.2) is 5.78 Å². The molecule has 33 heavy (non-hydrogen) atoms. The molecule has 0 atom stereocenters. The number of benzene rings is 5. The van der Waals surface area contributed by atoms with Crippen molar-refractivity contribution in [3.63, 3.8) is 0 Å². The van der Waals surface area contributed by atoms with Crippen molar-refractivity contribution in [2.75, 3.05) is 0 Å². The first-order valence-corrected chi connectivity index (χ1v) is 11.9. The molecule has 5 aromatic carbocycles. The van der Waals surface area contributed by atoms with Gasteiger partial charge in [0.25, 0.3) is 0 Å². The van der Waals surface area contributed by atoms with E-state index in [1.54, 1.807) is 11.1 Å². The van der Waals surface area contributed by atoms with E-state index < -0.39 is 0 Å². The van der Waals surface area contributed by atoms with Crippen LogP contribution in [-0.2, 0) is 19.3 Å². The number of rotatable bonds is 0. The quantitative estimate of drug-likeness (QED) is 0.228. The van der Waals surface area contributed by atoms with Crippen LogP contribution in [0.2, 0.25) is 0 Å². The third-order valence-electron chi connectivity index (χ3n) is 7.16. The molecular weight excluding hydrogens is 400 g/mol. The predicted molar refractivity (Wildman–Crippen MR) is 137 cm³/mol. The first-order valence-electron chi connectivity index (χ1n) is 11.9. The standard InChI is InChI=1S/C18H16.C14H10O/c1-3-7-15-13(5-1)9-11-18-16-8-4-2-6-14(16)10-12-17(15)18;15-14-12-7-3-1-5-10(12)9-11-6-2-4-8-13(11)14/h1,3,5,7,9-12H,2,4,6,8H2;1-8H,9H2. The molecule has 0 amide bonds. The molecule has 0 fully saturated rings. The molecule has 0 saturated carbocycles. The Hall–Kier alpha value is -3.71. The summed E-state index contributed by atoms with van der Waals surface area (Å²) in [5.41, 5.74) is 7.17. The summed E-state index contributed by atoms with van der Waals surface area (Å²) in [5, 5.41) is 5.64. The maximum Gasteiger partial charge on any atom is 0.193 e. The molecule has 2 aliphatic rings. The Morgan fingerprint density at radius 3 is 1.91 bits per heavy atom. The van der Waals surface area contributed by atoms with Crippen molar-refractivity contribution in [1.29, 1.82) is 0 Å². The van der Waals surface area contributed by atoms with Gasteiger partial charge in [0, 0.05) is 11.1 Å². The van der Waals surface area contributed by atoms with Crippen LogP contribution in [0.4, 0.5) is 0 Å². The molecule has 0 bridgehead atoms. The van der Waals surface area contributed by atoms with Crippen molar-refractivity contribution in [1.82, 2.24) is 0 Å². The lowest BCUT2D eigenvalue weighted by atomic mass is 9.85. The molecule has 160 valence electrons. The normalized spacial score (nSPS) is 14.1. The molecule has 2 aliphatic carbocycles. The van der Waals surface area contributed by atoms with E-state index in [1.807, 2.05) is 48.5 Å². The summed E-state index contributed by atoms with van der Waals surface area (Å²) in [6.45, 7) is 0. The zero-order valence-corrected chi connectivity index (χ0v) is 18.7. The molecular formula is C32H26O. The molecule has 0 aliphatic heterocycles. The Balaban J connectivity index is 0.000000127. The second-order valence-electron chi connectivity index (χ2n) is 9.11. The fraction of sp³-hybridized carbons (Fsp3) is 0.156. The van der Waals surface area contributed by atoms with Crippen LogP contribution in [0.5, 0.6) is 0 Å². The summed E-state index contributed by atoms with van der Waals surface area (Å²) >= 11 is 0. The third-order valence-corrected chi connectivity index (χ3v) is 7.16. The van der Waals surface area contributed by atoms with E-state index in [-0.39, 0.29) is 5.78 Å². The van der Waals surface area contributed by atoms with Crippen molar-refractivity contribution in [3.05, 3.63) is 130 Å². The van der Waals surface area contributed by atoms with Crippen LogP contribution in [0.15, 0.2) is 97.1 Å². The molecule has 1 nitrogen and oxygen atoms in total. The van der Waals surface area contributed by atoms with Gasteiger partial charge in [0.05, 0.1) is 0 Å². The highest BCUT2D eigenvalue weighted by Gasteiger charge is 2.21.